The summed E-state index contributed by atoms with van der Waals surface area (Å²) in [5.74, 6) is -1.18. The largest absolute Gasteiger partial charge is 0.477 e. The molecule has 0 unspecified atom stereocenters. The lowest BCUT2D eigenvalue weighted by Gasteiger charge is -2.32. The minimum Gasteiger partial charge on any atom is -0.477 e. The molecule has 0 radical (unpaired) electrons. The maximum absolute atomic E-state index is 12.4. The predicted molar refractivity (Wildman–Crippen MR) is 111 cm³/mol. The maximum Gasteiger partial charge on any atom is 0.341 e. The topological polar surface area (TPSA) is 68.5 Å². The summed E-state index contributed by atoms with van der Waals surface area (Å²) in [6.07, 6.45) is 2.94. The van der Waals surface area contributed by atoms with Gasteiger partial charge in [0.25, 0.3) is 0 Å². The second-order valence-corrected chi connectivity index (χ2v) is 8.66. The zero-order valence-electron chi connectivity index (χ0n) is 15.4. The average Bonchev–Trinajstić information content (AvgIpc) is 3.45. The molecule has 5 nitrogen and oxygen atoms in total. The predicted octanol–water partition coefficient (Wildman–Crippen LogP) is 4.09. The number of ether oxygens (including phenoxy) is 1. The Kier molecular flexibility index (Phi) is 3.52. The lowest BCUT2D eigenvalue weighted by Crippen LogP contribution is -2.31. The third kappa shape index (κ3) is 2.36. The van der Waals surface area contributed by atoms with Crippen LogP contribution in [0.2, 0.25) is 0 Å². The van der Waals surface area contributed by atoms with Crippen LogP contribution in [0.1, 0.15) is 39.6 Å². The monoisotopic (exact) mass is 403 g/mol. The second-order valence-electron chi connectivity index (χ2n) is 7.71. The van der Waals surface area contributed by atoms with Crippen LogP contribution in [-0.4, -0.2) is 28.4 Å². The van der Waals surface area contributed by atoms with Crippen LogP contribution in [0.25, 0.3) is 21.6 Å². The number of carbonyl (C=O) groups is 1. The fourth-order valence-electron chi connectivity index (χ4n) is 4.97. The van der Waals surface area contributed by atoms with E-state index >= 15 is 0 Å². The summed E-state index contributed by atoms with van der Waals surface area (Å²) in [4.78, 5) is 25.2. The van der Waals surface area contributed by atoms with Gasteiger partial charge in [-0.05, 0) is 51.8 Å². The van der Waals surface area contributed by atoms with Crippen LogP contribution in [0.5, 0.6) is 0 Å². The van der Waals surface area contributed by atoms with E-state index in [1.54, 1.807) is 11.3 Å². The van der Waals surface area contributed by atoms with Gasteiger partial charge in [-0.1, -0.05) is 18.2 Å². The van der Waals surface area contributed by atoms with Gasteiger partial charge in [0.1, 0.15) is 11.7 Å². The molecule has 0 amide bonds. The Morgan fingerprint density at radius 1 is 1.24 bits per heavy atom. The SMILES string of the molecule is O=C(O)c1cn2c(cc1=O)C1=C(c3ccc(-c4cccs4)cc3C1)[C@H]1OCC[C@H]12. The van der Waals surface area contributed by atoms with Crippen LogP contribution < -0.4 is 5.43 Å². The lowest BCUT2D eigenvalue weighted by molar-refractivity contribution is 0.0693. The Hall–Kier alpha value is -2.96. The molecule has 1 N–H and O–H groups in total. The molecule has 0 spiro atoms. The van der Waals surface area contributed by atoms with Gasteiger partial charge in [-0.25, -0.2) is 4.79 Å². The molecule has 6 heteroatoms. The van der Waals surface area contributed by atoms with Gasteiger partial charge in [0.15, 0.2) is 5.43 Å². The maximum atomic E-state index is 12.4. The smallest absolute Gasteiger partial charge is 0.341 e. The Bertz CT molecular complexity index is 1270. The minimum absolute atomic E-state index is 0.0189. The average molecular weight is 403 g/mol. The molecule has 2 aliphatic heterocycles. The summed E-state index contributed by atoms with van der Waals surface area (Å²) in [6.45, 7) is 0.628. The summed E-state index contributed by atoms with van der Waals surface area (Å²) in [7, 11) is 0. The summed E-state index contributed by atoms with van der Waals surface area (Å²) in [6, 6.07) is 12.2. The molecule has 2 aromatic heterocycles. The van der Waals surface area contributed by atoms with E-state index in [-0.39, 0.29) is 17.7 Å². The molecule has 1 aliphatic carbocycles. The molecule has 6 rings (SSSR count). The summed E-state index contributed by atoms with van der Waals surface area (Å²) >= 11 is 1.72. The number of benzene rings is 1. The standard InChI is InChI=1S/C23H17NO4S/c25-19-10-18-15-9-13-8-12(20-2-1-7-29-20)3-4-14(13)21(15)22-17(5-6-28-22)24(18)11-16(19)23(26)27/h1-4,7-8,10-11,17,22H,5-6,9H2,(H,26,27)/t17-,22+/m1/s1. The van der Waals surface area contributed by atoms with E-state index in [9.17, 15) is 14.7 Å². The number of pyridine rings is 1. The Labute approximate surface area is 170 Å². The van der Waals surface area contributed by atoms with Crippen molar-refractivity contribution < 1.29 is 14.6 Å². The van der Waals surface area contributed by atoms with Gasteiger partial charge in [-0.3, -0.25) is 4.79 Å². The van der Waals surface area contributed by atoms with Gasteiger partial charge < -0.3 is 14.4 Å². The third-order valence-corrected chi connectivity index (χ3v) is 7.13. The molecule has 1 fully saturated rings. The lowest BCUT2D eigenvalue weighted by atomic mass is 9.89. The van der Waals surface area contributed by atoms with Gasteiger partial charge in [-0.2, -0.15) is 0 Å². The Morgan fingerprint density at radius 2 is 2.14 bits per heavy atom. The normalized spacial score (nSPS) is 21.5. The third-order valence-electron chi connectivity index (χ3n) is 6.21. The number of thiophene rings is 1. The van der Waals surface area contributed by atoms with Crippen molar-refractivity contribution in [3.63, 3.8) is 0 Å². The van der Waals surface area contributed by atoms with Gasteiger partial charge in [-0.15, -0.1) is 11.3 Å². The second kappa shape index (κ2) is 6.02. The van der Waals surface area contributed by atoms with Crippen molar-refractivity contribution in [2.45, 2.75) is 25.0 Å². The number of rotatable bonds is 2. The molecule has 0 saturated carbocycles. The highest BCUT2D eigenvalue weighted by atomic mass is 32.1. The van der Waals surface area contributed by atoms with Crippen LogP contribution in [0.4, 0.5) is 0 Å². The minimum atomic E-state index is -1.18. The van der Waals surface area contributed by atoms with Crippen molar-refractivity contribution in [2.75, 3.05) is 6.61 Å². The van der Waals surface area contributed by atoms with Crippen molar-refractivity contribution >= 4 is 28.5 Å². The first-order chi connectivity index (χ1) is 14.1. The van der Waals surface area contributed by atoms with Gasteiger partial charge in [0.05, 0.1) is 6.04 Å². The number of hydrogen-bond donors (Lipinski definition) is 1. The highest BCUT2D eigenvalue weighted by Crippen LogP contribution is 2.50. The number of aromatic nitrogens is 1. The van der Waals surface area contributed by atoms with E-state index in [0.29, 0.717) is 6.61 Å². The van der Waals surface area contributed by atoms with E-state index in [1.165, 1.54) is 39.4 Å². The van der Waals surface area contributed by atoms with Crippen LogP contribution in [0.15, 0.2) is 52.8 Å². The molecule has 29 heavy (non-hydrogen) atoms. The van der Waals surface area contributed by atoms with Crippen LogP contribution >= 0.6 is 11.3 Å². The number of aromatic carboxylic acids is 1. The molecule has 144 valence electrons. The highest BCUT2D eigenvalue weighted by molar-refractivity contribution is 7.13. The number of hydrogen-bond acceptors (Lipinski definition) is 4. The van der Waals surface area contributed by atoms with Crippen LogP contribution in [0, 0.1) is 0 Å². The summed E-state index contributed by atoms with van der Waals surface area (Å²) < 4.78 is 8.08. The van der Waals surface area contributed by atoms with Crippen molar-refractivity contribution in [1.82, 2.24) is 4.57 Å². The van der Waals surface area contributed by atoms with E-state index < -0.39 is 11.4 Å². The molecular formula is C23H17NO4S. The molecule has 3 aromatic rings. The fourth-order valence-corrected chi connectivity index (χ4v) is 5.69. The van der Waals surface area contributed by atoms with E-state index in [1.807, 2.05) is 4.57 Å². The molecule has 1 aromatic carbocycles. The fraction of sp³-hybridized carbons (Fsp3) is 0.217. The number of carboxylic acid groups (broad SMARTS) is 1. The number of nitrogens with zero attached hydrogens (tertiary/aromatic N) is 1. The highest BCUT2D eigenvalue weighted by Gasteiger charge is 2.43. The number of carboxylic acids is 1. The quantitative estimate of drug-likeness (QED) is 0.700. The molecule has 1 saturated heterocycles. The van der Waals surface area contributed by atoms with Crippen LogP contribution in [0.3, 0.4) is 0 Å². The molecular weight excluding hydrogens is 386 g/mol. The number of allylic oxidation sites excluding steroid dienone is 1. The number of fused-ring (bicyclic) bond motifs is 7. The van der Waals surface area contributed by atoms with E-state index in [4.69, 9.17) is 4.74 Å². The summed E-state index contributed by atoms with van der Waals surface area (Å²) in [5, 5.41) is 11.5. The van der Waals surface area contributed by atoms with Crippen LogP contribution in [-0.2, 0) is 11.2 Å². The van der Waals surface area contributed by atoms with Gasteiger partial charge >= 0.3 is 5.97 Å². The zero-order valence-corrected chi connectivity index (χ0v) is 16.2. The van der Waals surface area contributed by atoms with Crippen molar-refractivity contribution in [3.8, 4) is 10.4 Å². The summed E-state index contributed by atoms with van der Waals surface area (Å²) in [5.41, 5.74) is 6.08. The molecule has 2 atom stereocenters. The molecule has 4 heterocycles. The first-order valence-electron chi connectivity index (χ1n) is 9.63. The van der Waals surface area contributed by atoms with E-state index in [0.717, 1.165) is 24.1 Å². The Morgan fingerprint density at radius 3 is 2.93 bits per heavy atom. The molecule has 0 bridgehead atoms. The Balaban J connectivity index is 1.54. The van der Waals surface area contributed by atoms with Crippen molar-refractivity contribution in [1.29, 1.82) is 0 Å². The van der Waals surface area contributed by atoms with Gasteiger partial charge in [0.2, 0.25) is 0 Å². The van der Waals surface area contributed by atoms with E-state index in [2.05, 4.69) is 35.7 Å². The first-order valence-corrected chi connectivity index (χ1v) is 10.5. The van der Waals surface area contributed by atoms with Crippen molar-refractivity contribution in [3.05, 3.63) is 80.6 Å². The van der Waals surface area contributed by atoms with Gasteiger partial charge in [0, 0.05) is 35.9 Å². The van der Waals surface area contributed by atoms with Crippen molar-refractivity contribution in [2.24, 2.45) is 0 Å². The zero-order chi connectivity index (χ0) is 19.7. The molecule has 3 aliphatic rings. The first kappa shape index (κ1) is 16.9.